The molecule has 0 saturated heterocycles. The summed E-state index contributed by atoms with van der Waals surface area (Å²) in [6.07, 6.45) is 5.71. The van der Waals surface area contributed by atoms with Crippen molar-refractivity contribution in [1.29, 1.82) is 0 Å². The molecule has 0 spiro atoms. The second-order valence-corrected chi connectivity index (χ2v) is 7.30. The van der Waals surface area contributed by atoms with Gasteiger partial charge in [0.25, 0.3) is 0 Å². The van der Waals surface area contributed by atoms with E-state index < -0.39 is 0 Å². The SMILES string of the molecule is COc1ccc(OC)c2c1NC(c1cccc3ccccc13)C1CC=CC21. The minimum Gasteiger partial charge on any atom is -0.496 e. The molecule has 0 radical (unpaired) electrons. The summed E-state index contributed by atoms with van der Waals surface area (Å²) in [5, 5.41) is 6.42. The van der Waals surface area contributed by atoms with Gasteiger partial charge >= 0.3 is 0 Å². The third-order valence-electron chi connectivity index (χ3n) is 6.04. The van der Waals surface area contributed by atoms with Crippen molar-refractivity contribution in [3.63, 3.8) is 0 Å². The van der Waals surface area contributed by atoms with Gasteiger partial charge in [-0.25, -0.2) is 0 Å². The largest absolute Gasteiger partial charge is 0.496 e. The first-order valence-electron chi connectivity index (χ1n) is 9.47. The number of rotatable bonds is 3. The van der Waals surface area contributed by atoms with Crippen molar-refractivity contribution in [2.45, 2.75) is 18.4 Å². The van der Waals surface area contributed by atoms with Crippen molar-refractivity contribution in [2.75, 3.05) is 19.5 Å². The molecule has 0 aromatic heterocycles. The summed E-state index contributed by atoms with van der Waals surface area (Å²) in [5.74, 6) is 2.59. The minimum atomic E-state index is 0.226. The second-order valence-electron chi connectivity index (χ2n) is 7.30. The number of ether oxygens (including phenoxy) is 2. The smallest absolute Gasteiger partial charge is 0.142 e. The third kappa shape index (κ3) is 2.42. The molecule has 3 heteroatoms. The van der Waals surface area contributed by atoms with Gasteiger partial charge in [0.2, 0.25) is 0 Å². The summed E-state index contributed by atoms with van der Waals surface area (Å²) in [7, 11) is 3.47. The molecule has 0 fully saturated rings. The maximum Gasteiger partial charge on any atom is 0.142 e. The number of anilines is 1. The molecule has 1 heterocycles. The molecule has 136 valence electrons. The van der Waals surface area contributed by atoms with Crippen molar-refractivity contribution in [3.05, 3.63) is 77.9 Å². The standard InChI is InChI=1S/C24H23NO2/c1-26-20-13-14-21(27-2)24-22(20)17-10-6-12-19(17)23(25-24)18-11-5-8-15-7-3-4-9-16(15)18/h3-11,13-14,17,19,23,25H,12H2,1-2H3. The van der Waals surface area contributed by atoms with Crippen LogP contribution in [0.5, 0.6) is 11.5 Å². The maximum atomic E-state index is 5.70. The number of methoxy groups -OCH3 is 2. The lowest BCUT2D eigenvalue weighted by molar-refractivity contribution is 0.371. The fourth-order valence-electron chi connectivity index (χ4n) is 4.83. The summed E-state index contributed by atoms with van der Waals surface area (Å²) < 4.78 is 11.4. The molecule has 0 amide bonds. The Hall–Kier alpha value is -2.94. The van der Waals surface area contributed by atoms with E-state index in [1.165, 1.54) is 21.9 Å². The van der Waals surface area contributed by atoms with Crippen LogP contribution in [0.2, 0.25) is 0 Å². The van der Waals surface area contributed by atoms with Crippen LogP contribution in [-0.4, -0.2) is 14.2 Å². The number of hydrogen-bond acceptors (Lipinski definition) is 3. The lowest BCUT2D eigenvalue weighted by Gasteiger charge is -2.39. The maximum absolute atomic E-state index is 5.70. The molecule has 3 nitrogen and oxygen atoms in total. The summed E-state index contributed by atoms with van der Waals surface area (Å²) in [5.41, 5.74) is 3.62. The first kappa shape index (κ1) is 16.2. The van der Waals surface area contributed by atoms with E-state index in [1.54, 1.807) is 14.2 Å². The minimum absolute atomic E-state index is 0.226. The van der Waals surface area contributed by atoms with E-state index in [-0.39, 0.29) is 6.04 Å². The topological polar surface area (TPSA) is 30.5 Å². The molecule has 2 aliphatic rings. The number of hydrogen-bond donors (Lipinski definition) is 1. The number of benzene rings is 3. The van der Waals surface area contributed by atoms with E-state index in [0.717, 1.165) is 23.6 Å². The zero-order valence-corrected chi connectivity index (χ0v) is 15.6. The Morgan fingerprint density at radius 3 is 2.52 bits per heavy atom. The zero-order valence-electron chi connectivity index (χ0n) is 15.6. The summed E-state index contributed by atoms with van der Waals surface area (Å²) in [4.78, 5) is 0. The Labute approximate surface area is 159 Å². The van der Waals surface area contributed by atoms with E-state index in [4.69, 9.17) is 9.47 Å². The van der Waals surface area contributed by atoms with Crippen LogP contribution < -0.4 is 14.8 Å². The normalized spacial score (nSPS) is 22.8. The van der Waals surface area contributed by atoms with Crippen molar-refractivity contribution in [2.24, 2.45) is 5.92 Å². The molecule has 1 aliphatic heterocycles. The molecule has 3 aromatic rings. The van der Waals surface area contributed by atoms with Gasteiger partial charge in [0.15, 0.2) is 0 Å². The highest BCUT2D eigenvalue weighted by Gasteiger charge is 2.41. The molecule has 3 aromatic carbocycles. The quantitative estimate of drug-likeness (QED) is 0.611. The van der Waals surface area contributed by atoms with Crippen LogP contribution >= 0.6 is 0 Å². The molecule has 0 bridgehead atoms. The predicted molar refractivity (Wildman–Crippen MR) is 110 cm³/mol. The van der Waals surface area contributed by atoms with Gasteiger partial charge in [-0.05, 0) is 40.8 Å². The summed E-state index contributed by atoms with van der Waals surface area (Å²) >= 11 is 0. The van der Waals surface area contributed by atoms with Crippen LogP contribution in [0, 0.1) is 5.92 Å². The second kappa shape index (κ2) is 6.34. The van der Waals surface area contributed by atoms with Crippen LogP contribution in [0.3, 0.4) is 0 Å². The average Bonchev–Trinajstić information content (AvgIpc) is 3.22. The monoisotopic (exact) mass is 357 g/mol. The molecule has 0 saturated carbocycles. The molecule has 1 aliphatic carbocycles. The fourth-order valence-corrected chi connectivity index (χ4v) is 4.83. The summed E-state index contributed by atoms with van der Waals surface area (Å²) in [6, 6.07) is 19.5. The Bertz CT molecular complexity index is 1030. The highest BCUT2D eigenvalue weighted by Crippen LogP contribution is 2.55. The highest BCUT2D eigenvalue weighted by molar-refractivity contribution is 5.87. The highest BCUT2D eigenvalue weighted by atomic mass is 16.5. The van der Waals surface area contributed by atoms with Crippen LogP contribution in [-0.2, 0) is 0 Å². The Kier molecular flexibility index (Phi) is 3.82. The van der Waals surface area contributed by atoms with Crippen molar-refractivity contribution >= 4 is 16.5 Å². The van der Waals surface area contributed by atoms with Crippen LogP contribution in [0.25, 0.3) is 10.8 Å². The van der Waals surface area contributed by atoms with Crippen molar-refractivity contribution < 1.29 is 9.47 Å². The van der Waals surface area contributed by atoms with E-state index in [0.29, 0.717) is 11.8 Å². The van der Waals surface area contributed by atoms with Gasteiger partial charge in [0.05, 0.1) is 25.9 Å². The number of nitrogens with one attached hydrogen (secondary N) is 1. The Balaban J connectivity index is 1.71. The summed E-state index contributed by atoms with van der Waals surface area (Å²) in [6.45, 7) is 0. The number of fused-ring (bicyclic) bond motifs is 4. The molecule has 3 atom stereocenters. The third-order valence-corrected chi connectivity index (χ3v) is 6.04. The van der Waals surface area contributed by atoms with E-state index in [1.807, 2.05) is 12.1 Å². The molecule has 3 unspecified atom stereocenters. The van der Waals surface area contributed by atoms with Crippen LogP contribution in [0.1, 0.15) is 29.5 Å². The fraction of sp³-hybridized carbons (Fsp3) is 0.250. The van der Waals surface area contributed by atoms with Gasteiger partial charge in [-0.15, -0.1) is 0 Å². The Morgan fingerprint density at radius 2 is 1.67 bits per heavy atom. The first-order valence-corrected chi connectivity index (χ1v) is 9.47. The van der Waals surface area contributed by atoms with Gasteiger partial charge in [-0.2, -0.15) is 0 Å². The first-order chi connectivity index (χ1) is 13.3. The molecular formula is C24H23NO2. The van der Waals surface area contributed by atoms with Crippen molar-refractivity contribution in [1.82, 2.24) is 0 Å². The Morgan fingerprint density at radius 1 is 0.889 bits per heavy atom. The average molecular weight is 357 g/mol. The van der Waals surface area contributed by atoms with Crippen LogP contribution in [0.15, 0.2) is 66.7 Å². The van der Waals surface area contributed by atoms with E-state index >= 15 is 0 Å². The van der Waals surface area contributed by atoms with Gasteiger partial charge < -0.3 is 14.8 Å². The van der Waals surface area contributed by atoms with Gasteiger partial charge in [-0.3, -0.25) is 0 Å². The van der Waals surface area contributed by atoms with Gasteiger partial charge in [-0.1, -0.05) is 54.6 Å². The zero-order chi connectivity index (χ0) is 18.4. The molecule has 27 heavy (non-hydrogen) atoms. The number of allylic oxidation sites excluding steroid dienone is 2. The van der Waals surface area contributed by atoms with Gasteiger partial charge in [0, 0.05) is 11.5 Å². The lowest BCUT2D eigenvalue weighted by Crippen LogP contribution is -2.30. The van der Waals surface area contributed by atoms with Gasteiger partial charge in [0.1, 0.15) is 11.5 Å². The lowest BCUT2D eigenvalue weighted by atomic mass is 9.75. The van der Waals surface area contributed by atoms with E-state index in [2.05, 4.69) is 59.9 Å². The molecule has 5 rings (SSSR count). The molecular weight excluding hydrogens is 334 g/mol. The van der Waals surface area contributed by atoms with Crippen molar-refractivity contribution in [3.8, 4) is 11.5 Å². The van der Waals surface area contributed by atoms with E-state index in [9.17, 15) is 0 Å². The molecule has 1 N–H and O–H groups in total. The van der Waals surface area contributed by atoms with Crippen LogP contribution in [0.4, 0.5) is 5.69 Å². The predicted octanol–water partition coefficient (Wildman–Crippen LogP) is 5.68.